The average molecular weight is 492 g/mol. The van der Waals surface area contributed by atoms with Crippen LogP contribution in [0, 0.1) is 11.9 Å². The van der Waals surface area contributed by atoms with E-state index >= 15 is 0 Å². The standard InChI is InChI=1S/C25H35ClFN5O2/c1-33-11-8-28-19-2-4-20(5-3-19)32-24-13-21(22(26)16-30-24)18-12-23(25(27)31-15-18)29-14-17-6-9-34-10-7-17/h12-13,15-17,19-20,28-29H,2-11,14H2,1H3,(H,30,32)/t19-,20-. The average Bonchev–Trinajstić information content (AvgIpc) is 2.87. The van der Waals surface area contributed by atoms with Gasteiger partial charge in [-0.1, -0.05) is 11.6 Å². The summed E-state index contributed by atoms with van der Waals surface area (Å²) in [6.07, 6.45) is 9.52. The van der Waals surface area contributed by atoms with Crippen molar-refractivity contribution in [3.63, 3.8) is 0 Å². The molecular weight excluding hydrogens is 457 g/mol. The van der Waals surface area contributed by atoms with Crippen LogP contribution in [0.2, 0.25) is 5.02 Å². The zero-order valence-corrected chi connectivity index (χ0v) is 20.5. The summed E-state index contributed by atoms with van der Waals surface area (Å²) < 4.78 is 24.9. The molecule has 1 saturated carbocycles. The number of nitrogens with zero attached hydrogens (tertiary/aromatic N) is 2. The molecule has 4 rings (SSSR count). The van der Waals surface area contributed by atoms with E-state index in [4.69, 9.17) is 21.1 Å². The number of aromatic nitrogens is 2. The van der Waals surface area contributed by atoms with Crippen LogP contribution < -0.4 is 16.0 Å². The second-order valence-electron chi connectivity index (χ2n) is 9.19. The maximum Gasteiger partial charge on any atom is 0.236 e. The zero-order chi connectivity index (χ0) is 23.8. The van der Waals surface area contributed by atoms with Crippen molar-refractivity contribution in [3.8, 4) is 11.1 Å². The first kappa shape index (κ1) is 25.1. The predicted octanol–water partition coefficient (Wildman–Crippen LogP) is 4.73. The fourth-order valence-electron chi connectivity index (χ4n) is 4.68. The smallest absolute Gasteiger partial charge is 0.236 e. The first-order valence-electron chi connectivity index (χ1n) is 12.2. The van der Waals surface area contributed by atoms with E-state index in [1.807, 2.05) is 6.07 Å². The van der Waals surface area contributed by atoms with Crippen molar-refractivity contribution in [2.24, 2.45) is 5.92 Å². The van der Waals surface area contributed by atoms with Crippen LogP contribution in [0.5, 0.6) is 0 Å². The SMILES string of the molecule is COCCN[C@H]1CC[C@H](Nc2cc(-c3cnc(F)c(NCC4CCOCC4)c3)c(Cl)cn2)CC1. The van der Waals surface area contributed by atoms with Gasteiger partial charge in [0.2, 0.25) is 5.95 Å². The fourth-order valence-corrected chi connectivity index (χ4v) is 4.89. The molecule has 1 aliphatic heterocycles. The van der Waals surface area contributed by atoms with Gasteiger partial charge in [-0.25, -0.2) is 9.97 Å². The molecule has 7 nitrogen and oxygen atoms in total. The number of nitrogens with one attached hydrogen (secondary N) is 3. The van der Waals surface area contributed by atoms with Crippen molar-refractivity contribution in [2.45, 2.75) is 50.6 Å². The minimum atomic E-state index is -0.504. The highest BCUT2D eigenvalue weighted by Crippen LogP contribution is 2.32. The molecule has 0 unspecified atom stereocenters. The summed E-state index contributed by atoms with van der Waals surface area (Å²) in [6.45, 7) is 3.86. The summed E-state index contributed by atoms with van der Waals surface area (Å²) in [7, 11) is 1.72. The van der Waals surface area contributed by atoms with Crippen LogP contribution in [0.3, 0.4) is 0 Å². The lowest BCUT2D eigenvalue weighted by molar-refractivity contribution is 0.0699. The molecule has 186 valence electrons. The van der Waals surface area contributed by atoms with Crippen molar-refractivity contribution >= 4 is 23.1 Å². The summed E-state index contributed by atoms with van der Waals surface area (Å²) in [5.74, 6) is 0.744. The zero-order valence-electron chi connectivity index (χ0n) is 19.8. The molecule has 3 heterocycles. The first-order chi connectivity index (χ1) is 16.6. The van der Waals surface area contributed by atoms with Gasteiger partial charge in [0.25, 0.3) is 0 Å². The molecule has 0 aromatic carbocycles. The Bertz CT molecular complexity index is 920. The number of halogens is 2. The van der Waals surface area contributed by atoms with Crippen LogP contribution in [0.25, 0.3) is 11.1 Å². The van der Waals surface area contributed by atoms with Crippen LogP contribution in [-0.2, 0) is 9.47 Å². The van der Waals surface area contributed by atoms with Crippen LogP contribution in [0.1, 0.15) is 38.5 Å². The Kier molecular flexibility index (Phi) is 9.33. The highest BCUT2D eigenvalue weighted by molar-refractivity contribution is 6.33. The van der Waals surface area contributed by atoms with E-state index in [2.05, 4.69) is 25.9 Å². The Morgan fingerprint density at radius 2 is 1.82 bits per heavy atom. The van der Waals surface area contributed by atoms with Gasteiger partial charge in [-0.3, -0.25) is 0 Å². The van der Waals surface area contributed by atoms with E-state index < -0.39 is 5.95 Å². The van der Waals surface area contributed by atoms with E-state index in [-0.39, 0.29) is 0 Å². The normalized spacial score (nSPS) is 21.4. The van der Waals surface area contributed by atoms with Gasteiger partial charge in [0, 0.05) is 69.0 Å². The Morgan fingerprint density at radius 3 is 2.59 bits per heavy atom. The third kappa shape index (κ3) is 7.01. The van der Waals surface area contributed by atoms with Crippen molar-refractivity contribution in [2.75, 3.05) is 50.7 Å². The van der Waals surface area contributed by atoms with Gasteiger partial charge in [-0.2, -0.15) is 4.39 Å². The summed E-state index contributed by atoms with van der Waals surface area (Å²) in [4.78, 5) is 8.45. The van der Waals surface area contributed by atoms with Crippen LogP contribution >= 0.6 is 11.6 Å². The van der Waals surface area contributed by atoms with E-state index in [0.717, 1.165) is 81.8 Å². The molecule has 2 aromatic heterocycles. The summed E-state index contributed by atoms with van der Waals surface area (Å²) in [5.41, 5.74) is 1.94. The lowest BCUT2D eigenvalue weighted by atomic mass is 9.91. The summed E-state index contributed by atoms with van der Waals surface area (Å²) in [6, 6.07) is 4.62. The molecule has 2 aliphatic rings. The molecule has 0 bridgehead atoms. The third-order valence-corrected chi connectivity index (χ3v) is 7.05. The molecule has 3 N–H and O–H groups in total. The summed E-state index contributed by atoms with van der Waals surface area (Å²) >= 11 is 6.48. The molecule has 0 spiro atoms. The number of anilines is 2. The van der Waals surface area contributed by atoms with Gasteiger partial charge in [0.05, 0.1) is 17.3 Å². The van der Waals surface area contributed by atoms with Gasteiger partial charge in [-0.15, -0.1) is 0 Å². The third-order valence-electron chi connectivity index (χ3n) is 6.75. The largest absolute Gasteiger partial charge is 0.383 e. The topological polar surface area (TPSA) is 80.3 Å². The van der Waals surface area contributed by atoms with Crippen molar-refractivity contribution in [1.29, 1.82) is 0 Å². The van der Waals surface area contributed by atoms with E-state index in [0.29, 0.717) is 35.3 Å². The molecule has 2 aromatic rings. The molecule has 0 radical (unpaired) electrons. The quantitative estimate of drug-likeness (QED) is 0.327. The Labute approximate surface area is 206 Å². The lowest BCUT2D eigenvalue weighted by Crippen LogP contribution is -2.38. The van der Waals surface area contributed by atoms with Crippen molar-refractivity contribution < 1.29 is 13.9 Å². The molecule has 1 saturated heterocycles. The number of ether oxygens (including phenoxy) is 2. The minimum Gasteiger partial charge on any atom is -0.383 e. The van der Waals surface area contributed by atoms with E-state index in [1.54, 1.807) is 19.4 Å². The summed E-state index contributed by atoms with van der Waals surface area (Å²) in [5, 5.41) is 10.9. The molecule has 2 fully saturated rings. The Hall–Kier alpha value is -2.00. The molecular formula is C25H35ClFN5O2. The maximum absolute atomic E-state index is 14.4. The molecule has 9 heteroatoms. The van der Waals surface area contributed by atoms with Gasteiger partial charge in [0.15, 0.2) is 0 Å². The number of methoxy groups -OCH3 is 1. The van der Waals surface area contributed by atoms with Crippen molar-refractivity contribution in [1.82, 2.24) is 15.3 Å². The van der Waals surface area contributed by atoms with Gasteiger partial charge in [0.1, 0.15) is 5.82 Å². The van der Waals surface area contributed by atoms with E-state index in [1.165, 1.54) is 6.20 Å². The second-order valence-corrected chi connectivity index (χ2v) is 9.60. The number of hydrogen-bond acceptors (Lipinski definition) is 7. The van der Waals surface area contributed by atoms with Crippen LogP contribution in [0.4, 0.5) is 15.9 Å². The molecule has 1 aliphatic carbocycles. The predicted molar refractivity (Wildman–Crippen MR) is 134 cm³/mol. The van der Waals surface area contributed by atoms with Crippen molar-refractivity contribution in [3.05, 3.63) is 35.5 Å². The lowest BCUT2D eigenvalue weighted by Gasteiger charge is -2.30. The highest BCUT2D eigenvalue weighted by atomic mass is 35.5. The number of pyridine rings is 2. The van der Waals surface area contributed by atoms with Gasteiger partial charge < -0.3 is 25.4 Å². The van der Waals surface area contributed by atoms with E-state index in [9.17, 15) is 4.39 Å². The maximum atomic E-state index is 14.4. The highest BCUT2D eigenvalue weighted by Gasteiger charge is 2.21. The Balaban J connectivity index is 1.38. The van der Waals surface area contributed by atoms with Gasteiger partial charge in [-0.05, 0) is 56.6 Å². The first-order valence-corrected chi connectivity index (χ1v) is 12.6. The molecule has 0 amide bonds. The van der Waals surface area contributed by atoms with Crippen LogP contribution in [-0.4, -0.2) is 62.1 Å². The molecule has 34 heavy (non-hydrogen) atoms. The monoisotopic (exact) mass is 491 g/mol. The van der Waals surface area contributed by atoms with Gasteiger partial charge >= 0.3 is 0 Å². The number of hydrogen-bond donors (Lipinski definition) is 3. The number of rotatable bonds is 10. The Morgan fingerprint density at radius 1 is 1.06 bits per heavy atom. The minimum absolute atomic E-state index is 0.366. The fraction of sp³-hybridized carbons (Fsp3) is 0.600. The van der Waals surface area contributed by atoms with Crippen LogP contribution in [0.15, 0.2) is 24.5 Å². The second kappa shape index (κ2) is 12.6. The molecule has 0 atom stereocenters.